The van der Waals surface area contributed by atoms with Crippen LogP contribution in [0.1, 0.15) is 48.5 Å². The van der Waals surface area contributed by atoms with Gasteiger partial charge in [0.25, 0.3) is 11.5 Å². The molecule has 2 aromatic rings. The van der Waals surface area contributed by atoms with Crippen LogP contribution in [-0.2, 0) is 26.1 Å². The largest absolute Gasteiger partial charge is 0.469 e. The Bertz CT molecular complexity index is 1100. The van der Waals surface area contributed by atoms with Gasteiger partial charge in [-0.1, -0.05) is 12.1 Å². The summed E-state index contributed by atoms with van der Waals surface area (Å²) in [7, 11) is 2.76. The van der Waals surface area contributed by atoms with Crippen molar-refractivity contribution in [2.45, 2.75) is 32.6 Å². The van der Waals surface area contributed by atoms with Gasteiger partial charge in [0.05, 0.1) is 31.0 Å². The van der Waals surface area contributed by atoms with Crippen molar-refractivity contribution >= 4 is 30.3 Å². The van der Waals surface area contributed by atoms with Gasteiger partial charge in [-0.15, -0.1) is 12.4 Å². The summed E-state index contributed by atoms with van der Waals surface area (Å²) in [4.78, 5) is 46.1. The first-order valence-corrected chi connectivity index (χ1v) is 11.1. The highest BCUT2D eigenvalue weighted by molar-refractivity contribution is 5.94. The zero-order valence-electron chi connectivity index (χ0n) is 20.6. The number of ether oxygens (including phenoxy) is 2. The quantitative estimate of drug-likeness (QED) is 0.349. The van der Waals surface area contributed by atoms with Crippen LogP contribution in [-0.4, -0.2) is 54.4 Å². The van der Waals surface area contributed by atoms with Crippen LogP contribution >= 0.6 is 12.4 Å². The molecule has 0 fully saturated rings. The number of nitrogens with zero attached hydrogens (tertiary/aromatic N) is 3. The molecule has 0 atom stereocenters. The molecule has 1 aromatic heterocycles. The standard InChI is InChI=1S/C18H18N4O4.C6H13NO2.ClH/c1-22-18(25)14(17(24)20-9-3-4-16(23)26-2)10-15(21-22)13-7-5-12(11-19)6-8-13;1-2-9-6(8)4-3-5-7;/h5-8,10H,3-4,9H2,1-2H3,(H,20,24);2-5,7H2,1H3;1H. The van der Waals surface area contributed by atoms with E-state index in [1.54, 1.807) is 31.2 Å². The molecule has 0 unspecified atom stereocenters. The summed E-state index contributed by atoms with van der Waals surface area (Å²) in [5.74, 6) is -1.04. The highest BCUT2D eigenvalue weighted by Gasteiger charge is 2.15. The summed E-state index contributed by atoms with van der Waals surface area (Å²) in [5.41, 5.74) is 6.23. The van der Waals surface area contributed by atoms with Crippen LogP contribution in [0.25, 0.3) is 11.3 Å². The zero-order valence-corrected chi connectivity index (χ0v) is 21.4. The molecule has 36 heavy (non-hydrogen) atoms. The van der Waals surface area contributed by atoms with E-state index >= 15 is 0 Å². The number of esters is 2. The molecule has 1 amide bonds. The Morgan fingerprint density at radius 3 is 2.33 bits per heavy atom. The van der Waals surface area contributed by atoms with Gasteiger partial charge in [-0.25, -0.2) is 4.68 Å². The van der Waals surface area contributed by atoms with E-state index in [0.29, 0.717) is 42.8 Å². The Hall–Kier alpha value is -3.75. The van der Waals surface area contributed by atoms with Crippen molar-refractivity contribution in [3.05, 3.63) is 51.8 Å². The number of carbonyl (C=O) groups is 3. The third kappa shape index (κ3) is 11.1. The highest BCUT2D eigenvalue weighted by Crippen LogP contribution is 2.17. The molecule has 0 spiro atoms. The first kappa shape index (κ1) is 32.2. The van der Waals surface area contributed by atoms with Crippen molar-refractivity contribution in [2.24, 2.45) is 12.8 Å². The predicted octanol–water partition coefficient (Wildman–Crippen LogP) is 1.71. The third-order valence-electron chi connectivity index (χ3n) is 4.58. The van der Waals surface area contributed by atoms with Gasteiger partial charge in [0.1, 0.15) is 5.56 Å². The number of amides is 1. The fourth-order valence-electron chi connectivity index (χ4n) is 2.74. The number of halogens is 1. The number of rotatable bonds is 10. The molecular weight excluding hydrogens is 490 g/mol. The lowest BCUT2D eigenvalue weighted by atomic mass is 10.1. The number of aryl methyl sites for hydroxylation is 1. The predicted molar refractivity (Wildman–Crippen MR) is 135 cm³/mol. The maximum absolute atomic E-state index is 12.3. The van der Waals surface area contributed by atoms with Gasteiger partial charge in [-0.2, -0.15) is 10.4 Å². The van der Waals surface area contributed by atoms with E-state index in [0.717, 1.165) is 11.1 Å². The van der Waals surface area contributed by atoms with Gasteiger partial charge < -0.3 is 20.5 Å². The lowest BCUT2D eigenvalue weighted by Crippen LogP contribution is -2.34. The smallest absolute Gasteiger partial charge is 0.305 e. The number of aromatic nitrogens is 2. The van der Waals surface area contributed by atoms with Crippen LogP contribution in [0, 0.1) is 11.3 Å². The second kappa shape index (κ2) is 17.7. The Kier molecular flexibility index (Phi) is 15.8. The summed E-state index contributed by atoms with van der Waals surface area (Å²) in [6.45, 7) is 3.05. The minimum Gasteiger partial charge on any atom is -0.469 e. The summed E-state index contributed by atoms with van der Waals surface area (Å²) in [5, 5.41) is 15.6. The average Bonchev–Trinajstić information content (AvgIpc) is 2.87. The summed E-state index contributed by atoms with van der Waals surface area (Å²) >= 11 is 0. The molecule has 3 N–H and O–H groups in total. The molecule has 11 nitrogen and oxygen atoms in total. The van der Waals surface area contributed by atoms with E-state index in [1.807, 2.05) is 6.07 Å². The molecule has 12 heteroatoms. The number of hydrogen-bond donors (Lipinski definition) is 2. The zero-order chi connectivity index (χ0) is 26.2. The molecule has 0 aliphatic carbocycles. The van der Waals surface area contributed by atoms with E-state index in [1.165, 1.54) is 20.2 Å². The lowest BCUT2D eigenvalue weighted by Gasteiger charge is -2.08. The summed E-state index contributed by atoms with van der Waals surface area (Å²) in [6, 6.07) is 10.1. The normalized spacial score (nSPS) is 9.53. The minimum absolute atomic E-state index is 0. The van der Waals surface area contributed by atoms with Gasteiger partial charge in [-0.3, -0.25) is 19.2 Å². The Labute approximate surface area is 216 Å². The molecule has 0 aliphatic rings. The monoisotopic (exact) mass is 521 g/mol. The number of carbonyl (C=O) groups excluding carboxylic acids is 3. The highest BCUT2D eigenvalue weighted by atomic mass is 35.5. The van der Waals surface area contributed by atoms with Gasteiger partial charge in [0.2, 0.25) is 0 Å². The van der Waals surface area contributed by atoms with E-state index in [9.17, 15) is 19.2 Å². The summed E-state index contributed by atoms with van der Waals surface area (Å²) < 4.78 is 10.3. The van der Waals surface area contributed by atoms with Gasteiger partial charge >= 0.3 is 11.9 Å². The molecule has 0 radical (unpaired) electrons. The molecule has 2 rings (SSSR count). The number of benzene rings is 1. The van der Waals surface area contributed by atoms with Crippen LogP contribution in [0.5, 0.6) is 0 Å². The van der Waals surface area contributed by atoms with E-state index in [4.69, 9.17) is 11.0 Å². The Balaban J connectivity index is 0.00000105. The van der Waals surface area contributed by atoms with Crippen LogP contribution in [0.15, 0.2) is 35.1 Å². The number of hydrogen-bond acceptors (Lipinski definition) is 9. The SMILES string of the molecule is CCOC(=O)CCCN.COC(=O)CCCNC(=O)c1cc(-c2ccc(C#N)cc2)nn(C)c1=O.Cl. The second-order valence-electron chi connectivity index (χ2n) is 7.19. The van der Waals surface area contributed by atoms with E-state index < -0.39 is 11.5 Å². The van der Waals surface area contributed by atoms with Crippen molar-refractivity contribution in [3.63, 3.8) is 0 Å². The fraction of sp³-hybridized carbons (Fsp3) is 0.417. The first-order valence-electron chi connectivity index (χ1n) is 11.1. The Morgan fingerprint density at radius 1 is 1.14 bits per heavy atom. The van der Waals surface area contributed by atoms with Crippen molar-refractivity contribution in [2.75, 3.05) is 26.8 Å². The van der Waals surface area contributed by atoms with Gasteiger partial charge in [0, 0.05) is 32.0 Å². The van der Waals surface area contributed by atoms with Crippen LogP contribution < -0.4 is 16.6 Å². The second-order valence-corrected chi connectivity index (χ2v) is 7.19. The Morgan fingerprint density at radius 2 is 1.78 bits per heavy atom. The van der Waals surface area contributed by atoms with Crippen molar-refractivity contribution in [1.82, 2.24) is 15.1 Å². The molecular formula is C24H32ClN5O6. The lowest BCUT2D eigenvalue weighted by molar-refractivity contribution is -0.143. The molecule has 0 aliphatic heterocycles. The van der Waals surface area contributed by atoms with Crippen molar-refractivity contribution in [3.8, 4) is 17.3 Å². The number of methoxy groups -OCH3 is 1. The van der Waals surface area contributed by atoms with Crippen LogP contribution in [0.2, 0.25) is 0 Å². The maximum atomic E-state index is 12.3. The van der Waals surface area contributed by atoms with Gasteiger partial charge in [-0.05, 0) is 44.5 Å². The fourth-order valence-corrected chi connectivity index (χ4v) is 2.74. The molecule has 1 heterocycles. The number of nitrogens with two attached hydrogens (primary N) is 1. The molecule has 1 aromatic carbocycles. The number of nitriles is 1. The van der Waals surface area contributed by atoms with Crippen molar-refractivity contribution < 1.29 is 23.9 Å². The average molecular weight is 522 g/mol. The molecule has 196 valence electrons. The molecule has 0 bridgehead atoms. The summed E-state index contributed by atoms with van der Waals surface area (Å²) in [6.07, 6.45) is 1.76. The van der Waals surface area contributed by atoms with E-state index in [2.05, 4.69) is 19.9 Å². The molecule has 0 saturated heterocycles. The minimum atomic E-state index is -0.534. The van der Waals surface area contributed by atoms with Gasteiger partial charge in [0.15, 0.2) is 0 Å². The maximum Gasteiger partial charge on any atom is 0.305 e. The topological polar surface area (TPSA) is 166 Å². The number of nitrogens with one attached hydrogen (secondary N) is 1. The third-order valence-corrected chi connectivity index (χ3v) is 4.58. The van der Waals surface area contributed by atoms with Crippen LogP contribution in [0.3, 0.4) is 0 Å². The molecule has 0 saturated carbocycles. The first-order chi connectivity index (χ1) is 16.8. The van der Waals surface area contributed by atoms with Crippen LogP contribution in [0.4, 0.5) is 0 Å². The van der Waals surface area contributed by atoms with Crippen molar-refractivity contribution in [1.29, 1.82) is 5.26 Å². The van der Waals surface area contributed by atoms with E-state index in [-0.39, 0.29) is 42.9 Å².